The predicted molar refractivity (Wildman–Crippen MR) is 80.7 cm³/mol. The van der Waals surface area contributed by atoms with Crippen molar-refractivity contribution in [3.05, 3.63) is 12.7 Å². The van der Waals surface area contributed by atoms with Crippen LogP contribution >= 0.6 is 0 Å². The molecule has 3 rings (SSSR count). The van der Waals surface area contributed by atoms with Crippen LogP contribution in [-0.4, -0.2) is 38.1 Å². The Hall–Kier alpha value is -0.325. The lowest BCUT2D eigenvalue weighted by Crippen LogP contribution is -2.48. The summed E-state index contributed by atoms with van der Waals surface area (Å²) < 4.78 is 32.4. The Bertz CT molecular complexity index is 547. The summed E-state index contributed by atoms with van der Waals surface area (Å²) in [6.07, 6.45) is 5.86. The van der Waals surface area contributed by atoms with Crippen LogP contribution in [0.5, 0.6) is 0 Å². The van der Waals surface area contributed by atoms with Crippen LogP contribution in [0.2, 0.25) is 6.32 Å². The highest BCUT2D eigenvalue weighted by molar-refractivity contribution is 7.89. The van der Waals surface area contributed by atoms with E-state index in [2.05, 4.69) is 27.4 Å². The van der Waals surface area contributed by atoms with Crippen molar-refractivity contribution in [2.75, 3.05) is 6.26 Å². The van der Waals surface area contributed by atoms with Gasteiger partial charge in [0.2, 0.25) is 10.0 Å². The minimum absolute atomic E-state index is 0.00343. The highest BCUT2D eigenvalue weighted by Gasteiger charge is 2.72. The zero-order valence-electron chi connectivity index (χ0n) is 12.8. The van der Waals surface area contributed by atoms with Gasteiger partial charge in [-0.3, -0.25) is 0 Å². The van der Waals surface area contributed by atoms with Crippen molar-refractivity contribution in [1.82, 2.24) is 4.22 Å². The Morgan fingerprint density at radius 2 is 2.10 bits per heavy atom. The van der Waals surface area contributed by atoms with Crippen molar-refractivity contribution in [1.29, 1.82) is 0 Å². The van der Waals surface area contributed by atoms with E-state index in [4.69, 9.17) is 4.65 Å². The molecule has 0 aromatic heterocycles. The highest BCUT2D eigenvalue weighted by atomic mass is 32.2. The Morgan fingerprint density at radius 3 is 2.65 bits per heavy atom. The van der Waals surface area contributed by atoms with E-state index in [9.17, 15) is 8.42 Å². The van der Waals surface area contributed by atoms with Crippen molar-refractivity contribution in [2.45, 2.75) is 52.1 Å². The maximum absolute atomic E-state index is 12.3. The van der Waals surface area contributed by atoms with Crippen molar-refractivity contribution in [3.63, 3.8) is 0 Å². The van der Waals surface area contributed by atoms with Crippen LogP contribution in [-0.2, 0) is 14.7 Å². The molecule has 2 saturated carbocycles. The number of nitrogens with zero attached hydrogens (tertiary/aromatic N) is 1. The first kappa shape index (κ1) is 14.6. The summed E-state index contributed by atoms with van der Waals surface area (Å²) in [5.41, 5.74) is 0.200. The lowest BCUT2D eigenvalue weighted by atomic mass is 9.69. The first-order valence-electron chi connectivity index (χ1n) is 7.39. The van der Waals surface area contributed by atoms with Gasteiger partial charge in [0.1, 0.15) is 0 Å². The molecule has 0 spiro atoms. The molecule has 1 aliphatic heterocycles. The standard InChI is InChI=1S/C14H24BNO3S/c1-6-9-15-16(20(5,17)18)11-10-7-8-14(4,12(11)19-15)13(10,2)3/h6,10-12H,1,7-9H2,2-5H3/t10-,11-,12-,14+/m1/s1. The Kier molecular flexibility index (Phi) is 3.00. The van der Waals surface area contributed by atoms with Gasteiger partial charge in [-0.25, -0.2) is 12.6 Å². The fourth-order valence-electron chi connectivity index (χ4n) is 4.96. The van der Waals surface area contributed by atoms with Gasteiger partial charge in [0.15, 0.2) is 0 Å². The van der Waals surface area contributed by atoms with Gasteiger partial charge >= 0.3 is 7.05 Å². The molecule has 3 aliphatic rings. The molecule has 0 amide bonds. The van der Waals surface area contributed by atoms with E-state index in [1.54, 1.807) is 10.3 Å². The normalized spacial score (nSPS) is 43.0. The number of sulfonamides is 1. The van der Waals surface area contributed by atoms with E-state index in [0.717, 1.165) is 12.8 Å². The summed E-state index contributed by atoms with van der Waals surface area (Å²) in [5, 5.41) is 0. The molecule has 4 nitrogen and oxygen atoms in total. The first-order valence-corrected chi connectivity index (χ1v) is 9.24. The van der Waals surface area contributed by atoms with Crippen LogP contribution in [0.15, 0.2) is 12.7 Å². The van der Waals surface area contributed by atoms with Crippen molar-refractivity contribution in [2.24, 2.45) is 16.7 Å². The molecule has 112 valence electrons. The molecule has 1 saturated heterocycles. The monoisotopic (exact) mass is 297 g/mol. The molecule has 0 N–H and O–H groups in total. The second-order valence-electron chi connectivity index (χ2n) is 7.40. The van der Waals surface area contributed by atoms with E-state index in [0.29, 0.717) is 12.2 Å². The van der Waals surface area contributed by atoms with E-state index < -0.39 is 10.0 Å². The molecule has 1 heterocycles. The molecule has 4 atom stereocenters. The van der Waals surface area contributed by atoms with Crippen molar-refractivity contribution >= 4 is 17.1 Å². The second kappa shape index (κ2) is 4.11. The summed E-state index contributed by atoms with van der Waals surface area (Å²) in [4.78, 5) is 0. The van der Waals surface area contributed by atoms with Gasteiger partial charge < -0.3 is 4.65 Å². The van der Waals surface area contributed by atoms with Crippen molar-refractivity contribution in [3.8, 4) is 0 Å². The third-order valence-corrected chi connectivity index (χ3v) is 7.60. The van der Waals surface area contributed by atoms with Gasteiger partial charge in [0.25, 0.3) is 0 Å². The van der Waals surface area contributed by atoms with E-state index >= 15 is 0 Å². The first-order chi connectivity index (χ1) is 9.14. The van der Waals surface area contributed by atoms with Crippen LogP contribution in [0.25, 0.3) is 0 Å². The van der Waals surface area contributed by atoms with Crippen LogP contribution < -0.4 is 0 Å². The van der Waals surface area contributed by atoms with Gasteiger partial charge in [-0.15, -0.1) is 6.58 Å². The molecule has 20 heavy (non-hydrogen) atoms. The molecular formula is C14H24BNO3S. The summed E-state index contributed by atoms with van der Waals surface area (Å²) in [7, 11) is -3.63. The minimum Gasteiger partial charge on any atom is -0.415 e. The third-order valence-electron chi connectivity index (χ3n) is 6.36. The van der Waals surface area contributed by atoms with Gasteiger partial charge in [-0.05, 0) is 35.9 Å². The number of allylic oxidation sites excluding steroid dienone is 1. The zero-order chi connectivity index (χ0) is 14.9. The molecular weight excluding hydrogens is 273 g/mol. The van der Waals surface area contributed by atoms with Crippen LogP contribution in [0.4, 0.5) is 0 Å². The minimum atomic E-state index is -3.27. The predicted octanol–water partition coefficient (Wildman–Crippen LogP) is 2.15. The third kappa shape index (κ3) is 1.59. The smallest absolute Gasteiger partial charge is 0.401 e. The fourth-order valence-corrected chi connectivity index (χ4v) is 6.22. The van der Waals surface area contributed by atoms with Crippen LogP contribution in [0.3, 0.4) is 0 Å². The van der Waals surface area contributed by atoms with Gasteiger partial charge in [-0.1, -0.05) is 26.8 Å². The maximum atomic E-state index is 12.3. The molecule has 0 radical (unpaired) electrons. The van der Waals surface area contributed by atoms with Gasteiger partial charge in [0, 0.05) is 6.04 Å². The largest absolute Gasteiger partial charge is 0.415 e. The number of hydrogen-bond acceptors (Lipinski definition) is 3. The Morgan fingerprint density at radius 1 is 1.45 bits per heavy atom. The van der Waals surface area contributed by atoms with Gasteiger partial charge in [-0.2, -0.15) is 0 Å². The lowest BCUT2D eigenvalue weighted by molar-refractivity contribution is 0.0352. The Balaban J connectivity index is 2.06. The van der Waals surface area contributed by atoms with Crippen LogP contribution in [0, 0.1) is 16.7 Å². The summed E-state index contributed by atoms with van der Waals surface area (Å²) in [6, 6.07) is 0.00343. The summed E-state index contributed by atoms with van der Waals surface area (Å²) in [6.45, 7) is 10.6. The molecule has 2 bridgehead atoms. The molecule has 6 heteroatoms. The molecule has 3 fully saturated rings. The molecule has 0 aromatic rings. The number of rotatable bonds is 3. The SMILES string of the molecule is C=CCB1O[C@@H]2[C@@H]([C@H]3CC[C@]2(C)C3(C)C)N1S(C)(=O)=O. The highest BCUT2D eigenvalue weighted by Crippen LogP contribution is 2.69. The average Bonchev–Trinajstić information content (AvgIpc) is 2.82. The van der Waals surface area contributed by atoms with E-state index in [1.165, 1.54) is 6.26 Å². The maximum Gasteiger partial charge on any atom is 0.401 e. The Labute approximate surface area is 122 Å². The van der Waals surface area contributed by atoms with Crippen molar-refractivity contribution < 1.29 is 13.1 Å². The summed E-state index contributed by atoms with van der Waals surface area (Å²) in [5.74, 6) is 0.391. The zero-order valence-corrected chi connectivity index (χ0v) is 13.6. The van der Waals surface area contributed by atoms with Gasteiger partial charge in [0.05, 0.1) is 12.4 Å². The number of fused-ring (bicyclic) bond motifs is 5. The molecule has 0 unspecified atom stereocenters. The molecule has 0 aromatic carbocycles. The fraction of sp³-hybridized carbons (Fsp3) is 0.857. The van der Waals surface area contributed by atoms with Crippen LogP contribution in [0.1, 0.15) is 33.6 Å². The summed E-state index contributed by atoms with van der Waals surface area (Å²) >= 11 is 0. The van der Waals surface area contributed by atoms with E-state index in [1.807, 2.05) is 0 Å². The topological polar surface area (TPSA) is 46.6 Å². The lowest BCUT2D eigenvalue weighted by Gasteiger charge is -2.38. The quantitative estimate of drug-likeness (QED) is 0.592. The molecule has 2 aliphatic carbocycles. The average molecular weight is 297 g/mol. The number of hydrogen-bond donors (Lipinski definition) is 0. The van der Waals surface area contributed by atoms with E-state index in [-0.39, 0.29) is 30.0 Å². The second-order valence-corrected chi connectivity index (χ2v) is 9.29.